The van der Waals surface area contributed by atoms with Crippen LogP contribution in [0, 0.1) is 22.7 Å². The molecule has 0 aromatic carbocycles. The fourth-order valence-electron chi connectivity index (χ4n) is 7.20. The molecular weight excluding hydrogens is 348 g/mol. The van der Waals surface area contributed by atoms with E-state index in [4.69, 9.17) is 14.2 Å². The first-order chi connectivity index (χ1) is 12.4. The molecule has 0 unspecified atom stereocenters. The second kappa shape index (κ2) is 5.49. The molecule has 0 aromatic heterocycles. The Hall–Kier alpha value is -1.11. The molecule has 0 spiro atoms. The molecule has 0 bridgehead atoms. The van der Waals surface area contributed by atoms with Gasteiger partial charge in [-0.05, 0) is 32.1 Å². The number of aliphatic hydroxyl groups is 2. The minimum absolute atomic E-state index is 0.144. The van der Waals surface area contributed by atoms with Crippen molar-refractivity contribution in [2.24, 2.45) is 22.7 Å². The number of aliphatic hydroxyl groups excluding tert-OH is 2. The van der Waals surface area contributed by atoms with E-state index in [2.05, 4.69) is 20.4 Å². The molecule has 2 aliphatic carbocycles. The van der Waals surface area contributed by atoms with Gasteiger partial charge >= 0.3 is 6.16 Å². The lowest BCUT2D eigenvalue weighted by molar-refractivity contribution is -0.336. The zero-order chi connectivity index (χ0) is 20.0. The third-order valence-corrected chi connectivity index (χ3v) is 8.11. The summed E-state index contributed by atoms with van der Waals surface area (Å²) in [5.41, 5.74) is -2.59. The first-order valence-electron chi connectivity index (χ1n) is 9.96. The highest BCUT2D eigenvalue weighted by atomic mass is 16.8. The third kappa shape index (κ3) is 2.33. The molecule has 0 amide bonds. The standard InChI is InChI=1S/C21H32O6/c1-7-19(4)10-11(22)14-20(5)12(23)8-9-18(2,3)15(20)13-16(21(14,6)27-19)26-17(24)25-13/h7,11-16,22-23H,1,8-10H2,2-6H3/t11-,12+,13+,14-,15+,16+,19+,20-,21+/m1/s1. The Bertz CT molecular complexity index is 676. The molecule has 6 nitrogen and oxygen atoms in total. The summed E-state index contributed by atoms with van der Waals surface area (Å²) in [6.07, 6.45) is 0.353. The van der Waals surface area contributed by atoms with E-state index >= 15 is 0 Å². The van der Waals surface area contributed by atoms with Gasteiger partial charge < -0.3 is 24.4 Å². The van der Waals surface area contributed by atoms with Gasteiger partial charge in [-0.3, -0.25) is 0 Å². The quantitative estimate of drug-likeness (QED) is 0.537. The fourth-order valence-corrected chi connectivity index (χ4v) is 7.20. The zero-order valence-electron chi connectivity index (χ0n) is 16.9. The zero-order valence-corrected chi connectivity index (χ0v) is 16.9. The van der Waals surface area contributed by atoms with Crippen molar-refractivity contribution in [2.45, 2.75) is 89.5 Å². The highest BCUT2D eigenvalue weighted by Crippen LogP contribution is 2.67. The molecule has 2 saturated heterocycles. The van der Waals surface area contributed by atoms with E-state index in [9.17, 15) is 15.0 Å². The van der Waals surface area contributed by atoms with Crippen LogP contribution >= 0.6 is 0 Å². The van der Waals surface area contributed by atoms with Gasteiger partial charge in [0.15, 0.2) is 6.10 Å². The maximum atomic E-state index is 12.2. The van der Waals surface area contributed by atoms with Gasteiger partial charge in [0.25, 0.3) is 0 Å². The molecule has 152 valence electrons. The smallest absolute Gasteiger partial charge is 0.427 e. The average Bonchev–Trinajstić information content (AvgIpc) is 2.92. The van der Waals surface area contributed by atoms with Gasteiger partial charge in [-0.1, -0.05) is 26.8 Å². The van der Waals surface area contributed by atoms with Crippen molar-refractivity contribution in [3.63, 3.8) is 0 Å². The second-order valence-electron chi connectivity index (χ2n) is 10.3. The number of rotatable bonds is 1. The Balaban J connectivity index is 1.92. The van der Waals surface area contributed by atoms with E-state index in [1.54, 1.807) is 6.08 Å². The lowest BCUT2D eigenvalue weighted by Gasteiger charge is -2.68. The average molecular weight is 380 g/mol. The first kappa shape index (κ1) is 19.2. The normalized spacial score (nSPS) is 56.2. The van der Waals surface area contributed by atoms with Crippen LogP contribution in [0.4, 0.5) is 4.79 Å². The Morgan fingerprint density at radius 3 is 2.41 bits per heavy atom. The molecule has 2 N–H and O–H groups in total. The second-order valence-corrected chi connectivity index (χ2v) is 10.3. The van der Waals surface area contributed by atoms with Crippen molar-refractivity contribution < 1.29 is 29.2 Å². The highest BCUT2D eigenvalue weighted by molar-refractivity contribution is 5.63. The highest BCUT2D eigenvalue weighted by Gasteiger charge is 2.76. The molecule has 4 aliphatic rings. The summed E-state index contributed by atoms with van der Waals surface area (Å²) in [4.78, 5) is 12.2. The van der Waals surface area contributed by atoms with Gasteiger partial charge in [0.05, 0.1) is 17.8 Å². The van der Waals surface area contributed by atoms with E-state index in [1.165, 1.54) is 0 Å². The van der Waals surface area contributed by atoms with Crippen LogP contribution in [0.15, 0.2) is 12.7 Å². The van der Waals surface area contributed by atoms with Crippen LogP contribution < -0.4 is 0 Å². The van der Waals surface area contributed by atoms with Gasteiger partial charge in [0, 0.05) is 23.7 Å². The molecule has 0 radical (unpaired) electrons. The summed E-state index contributed by atoms with van der Waals surface area (Å²) >= 11 is 0. The number of hydrogen-bond acceptors (Lipinski definition) is 6. The Morgan fingerprint density at radius 1 is 1.11 bits per heavy atom. The maximum absolute atomic E-state index is 12.2. The minimum atomic E-state index is -0.989. The molecule has 2 saturated carbocycles. The molecule has 9 atom stereocenters. The summed E-state index contributed by atoms with van der Waals surface area (Å²) in [5, 5.41) is 22.5. The molecule has 2 heterocycles. The summed E-state index contributed by atoms with van der Waals surface area (Å²) in [6.45, 7) is 14.0. The number of carbonyl (C=O) groups is 1. The van der Waals surface area contributed by atoms with Gasteiger partial charge in [0.2, 0.25) is 0 Å². The summed E-state index contributed by atoms with van der Waals surface area (Å²) in [7, 11) is 0. The number of carbonyl (C=O) groups excluding carboxylic acids is 1. The van der Waals surface area contributed by atoms with Crippen LogP contribution in [-0.2, 0) is 14.2 Å². The molecule has 27 heavy (non-hydrogen) atoms. The molecule has 2 aliphatic heterocycles. The van der Waals surface area contributed by atoms with E-state index < -0.39 is 53.1 Å². The van der Waals surface area contributed by atoms with Gasteiger partial charge in [-0.25, -0.2) is 4.79 Å². The van der Waals surface area contributed by atoms with Crippen LogP contribution in [0.25, 0.3) is 0 Å². The predicted octanol–water partition coefficient (Wildman–Crippen LogP) is 2.81. The first-order valence-corrected chi connectivity index (χ1v) is 9.96. The van der Waals surface area contributed by atoms with Crippen molar-refractivity contribution in [2.75, 3.05) is 0 Å². The number of ether oxygens (including phenoxy) is 3. The largest absolute Gasteiger partial charge is 0.509 e. The molecule has 6 heteroatoms. The summed E-state index contributed by atoms with van der Waals surface area (Å²) in [6, 6.07) is 0. The monoisotopic (exact) mass is 380 g/mol. The van der Waals surface area contributed by atoms with E-state index in [0.717, 1.165) is 6.42 Å². The molecule has 4 rings (SSSR count). The van der Waals surface area contributed by atoms with Crippen LogP contribution in [0.3, 0.4) is 0 Å². The summed E-state index contributed by atoms with van der Waals surface area (Å²) in [5.74, 6) is -0.539. The van der Waals surface area contributed by atoms with Crippen LogP contribution in [-0.4, -0.2) is 52.0 Å². The molecular formula is C21H32O6. The third-order valence-electron chi connectivity index (χ3n) is 8.11. The molecule has 4 fully saturated rings. The summed E-state index contributed by atoms with van der Waals surface area (Å²) < 4.78 is 17.8. The van der Waals surface area contributed by atoms with Gasteiger partial charge in [-0.2, -0.15) is 0 Å². The van der Waals surface area contributed by atoms with Crippen LogP contribution in [0.2, 0.25) is 0 Å². The number of hydrogen-bond donors (Lipinski definition) is 2. The van der Waals surface area contributed by atoms with Crippen molar-refractivity contribution >= 4 is 6.16 Å². The topological polar surface area (TPSA) is 85.2 Å². The lowest BCUT2D eigenvalue weighted by Crippen LogP contribution is -2.77. The van der Waals surface area contributed by atoms with E-state index in [-0.39, 0.29) is 11.3 Å². The van der Waals surface area contributed by atoms with Gasteiger partial charge in [0.1, 0.15) is 11.7 Å². The SMILES string of the molecule is C=C[C@@]1(C)C[C@@H](O)[C@H]2[C@](C)(O1)[C@H]1OC(=O)O[C@H]1[C@H]1C(C)(C)CC[C@H](O)[C@@]12C. The molecule has 0 aromatic rings. The van der Waals surface area contributed by atoms with Crippen molar-refractivity contribution in [1.29, 1.82) is 0 Å². The van der Waals surface area contributed by atoms with Crippen LogP contribution in [0.5, 0.6) is 0 Å². The lowest BCUT2D eigenvalue weighted by atomic mass is 9.41. The van der Waals surface area contributed by atoms with E-state index in [0.29, 0.717) is 12.8 Å². The Morgan fingerprint density at radius 2 is 1.78 bits per heavy atom. The fraction of sp³-hybridized carbons (Fsp3) is 0.857. The maximum Gasteiger partial charge on any atom is 0.509 e. The van der Waals surface area contributed by atoms with Crippen molar-refractivity contribution in [1.82, 2.24) is 0 Å². The minimum Gasteiger partial charge on any atom is -0.427 e. The number of fused-ring (bicyclic) bond motifs is 6. The van der Waals surface area contributed by atoms with Gasteiger partial charge in [-0.15, -0.1) is 6.58 Å². The van der Waals surface area contributed by atoms with Crippen molar-refractivity contribution in [3.05, 3.63) is 12.7 Å². The Kier molecular flexibility index (Phi) is 3.90. The van der Waals surface area contributed by atoms with E-state index in [1.807, 2.05) is 20.8 Å². The van der Waals surface area contributed by atoms with Crippen LogP contribution in [0.1, 0.15) is 53.9 Å². The van der Waals surface area contributed by atoms with Crippen molar-refractivity contribution in [3.8, 4) is 0 Å². The Labute approximate surface area is 160 Å². The predicted molar refractivity (Wildman–Crippen MR) is 98.0 cm³/mol.